The lowest BCUT2D eigenvalue weighted by Crippen LogP contribution is -2.14. The second-order valence-electron chi connectivity index (χ2n) is 3.10. The van der Waals surface area contributed by atoms with Crippen LogP contribution < -0.4 is 5.73 Å². The first-order valence-corrected chi connectivity index (χ1v) is 4.30. The zero-order chi connectivity index (χ0) is 9.68. The number of nitrogens with zero attached hydrogens (tertiary/aromatic N) is 1. The predicted octanol–water partition coefficient (Wildman–Crippen LogP) is 1.28. The smallest absolute Gasteiger partial charge is 0.259 e. The topological polar surface area (TPSA) is 66.9 Å². The van der Waals surface area contributed by atoms with E-state index in [0.29, 0.717) is 5.92 Å². The fourth-order valence-corrected chi connectivity index (χ4v) is 1.38. The largest absolute Gasteiger partial charge is 0.365 e. The van der Waals surface area contributed by atoms with Crippen molar-refractivity contribution in [3.8, 4) is 6.07 Å². The molecule has 3 nitrogen and oxygen atoms in total. The van der Waals surface area contributed by atoms with Crippen LogP contribution in [0.5, 0.6) is 0 Å². The molecule has 0 radical (unpaired) electrons. The van der Waals surface area contributed by atoms with Crippen molar-refractivity contribution >= 4 is 5.91 Å². The Kier molecular flexibility index (Phi) is 3.27. The highest BCUT2D eigenvalue weighted by molar-refractivity contribution is 5.95. The number of rotatable bonds is 2. The van der Waals surface area contributed by atoms with E-state index in [1.54, 1.807) is 6.08 Å². The summed E-state index contributed by atoms with van der Waals surface area (Å²) in [6, 6.07) is 1.81. The van der Waals surface area contributed by atoms with E-state index in [2.05, 4.69) is 12.2 Å². The molecule has 0 aromatic carbocycles. The zero-order valence-electron chi connectivity index (χ0n) is 7.36. The lowest BCUT2D eigenvalue weighted by molar-refractivity contribution is -0.114. The zero-order valence-corrected chi connectivity index (χ0v) is 7.36. The highest BCUT2D eigenvalue weighted by Gasteiger charge is 2.10. The van der Waals surface area contributed by atoms with Gasteiger partial charge in [0.15, 0.2) is 0 Å². The summed E-state index contributed by atoms with van der Waals surface area (Å²) in [5, 5.41) is 8.59. The minimum absolute atomic E-state index is 0.0836. The fraction of sp³-hybridized carbons (Fsp3) is 0.400. The van der Waals surface area contributed by atoms with Gasteiger partial charge in [0.05, 0.1) is 0 Å². The summed E-state index contributed by atoms with van der Waals surface area (Å²) in [6.07, 6.45) is 8.78. The third-order valence-electron chi connectivity index (χ3n) is 2.10. The highest BCUT2D eigenvalue weighted by atomic mass is 16.1. The van der Waals surface area contributed by atoms with Crippen LogP contribution in [-0.4, -0.2) is 5.91 Å². The second kappa shape index (κ2) is 4.46. The molecule has 13 heavy (non-hydrogen) atoms. The Bertz CT molecular complexity index is 297. The maximum absolute atomic E-state index is 10.7. The predicted molar refractivity (Wildman–Crippen MR) is 49.4 cm³/mol. The maximum Gasteiger partial charge on any atom is 0.259 e. The van der Waals surface area contributed by atoms with Gasteiger partial charge in [0.25, 0.3) is 5.91 Å². The molecule has 2 N–H and O–H groups in total. The Morgan fingerprint density at radius 2 is 2.38 bits per heavy atom. The number of hydrogen-bond donors (Lipinski definition) is 1. The molecule has 0 aromatic heterocycles. The lowest BCUT2D eigenvalue weighted by atomic mass is 9.92. The van der Waals surface area contributed by atoms with E-state index < -0.39 is 5.91 Å². The molecular weight excluding hydrogens is 164 g/mol. The van der Waals surface area contributed by atoms with E-state index in [-0.39, 0.29) is 5.57 Å². The van der Waals surface area contributed by atoms with Crippen LogP contribution in [0.3, 0.4) is 0 Å². The summed E-state index contributed by atoms with van der Waals surface area (Å²) in [4.78, 5) is 10.7. The SMILES string of the molecule is N#C/C(=C\[C@@H]1CC=CCC1)C(N)=O. The fourth-order valence-electron chi connectivity index (χ4n) is 1.38. The number of nitrogens with two attached hydrogens (primary N) is 1. The molecule has 0 aromatic rings. The molecular formula is C10H12N2O. The number of allylic oxidation sites excluding steroid dienone is 3. The van der Waals surface area contributed by atoms with Gasteiger partial charge in [0, 0.05) is 0 Å². The van der Waals surface area contributed by atoms with Crippen molar-refractivity contribution in [2.45, 2.75) is 19.3 Å². The molecule has 1 atom stereocenters. The van der Waals surface area contributed by atoms with Crippen LogP contribution in [0.25, 0.3) is 0 Å². The molecule has 0 fully saturated rings. The van der Waals surface area contributed by atoms with Crippen LogP contribution in [0.4, 0.5) is 0 Å². The molecule has 0 spiro atoms. The molecule has 0 unspecified atom stereocenters. The molecule has 0 bridgehead atoms. The minimum Gasteiger partial charge on any atom is -0.365 e. The van der Waals surface area contributed by atoms with E-state index in [1.807, 2.05) is 6.07 Å². The molecule has 68 valence electrons. The van der Waals surface area contributed by atoms with Crippen LogP contribution >= 0.6 is 0 Å². The Morgan fingerprint density at radius 3 is 2.85 bits per heavy atom. The van der Waals surface area contributed by atoms with E-state index in [0.717, 1.165) is 19.3 Å². The summed E-state index contributed by atoms with van der Waals surface area (Å²) < 4.78 is 0. The number of hydrogen-bond acceptors (Lipinski definition) is 2. The summed E-state index contributed by atoms with van der Waals surface area (Å²) in [5.41, 5.74) is 5.10. The van der Waals surface area contributed by atoms with Gasteiger partial charge < -0.3 is 5.73 Å². The van der Waals surface area contributed by atoms with Crippen molar-refractivity contribution in [1.29, 1.82) is 5.26 Å². The van der Waals surface area contributed by atoms with Crippen LogP contribution in [0.15, 0.2) is 23.8 Å². The average Bonchev–Trinajstić information content (AvgIpc) is 2.15. The summed E-state index contributed by atoms with van der Waals surface area (Å²) in [5.74, 6) is -0.329. The number of carbonyl (C=O) groups excluding carboxylic acids is 1. The Morgan fingerprint density at radius 1 is 1.62 bits per heavy atom. The van der Waals surface area contributed by atoms with Gasteiger partial charge >= 0.3 is 0 Å². The lowest BCUT2D eigenvalue weighted by Gasteiger charge is -2.12. The van der Waals surface area contributed by atoms with Gasteiger partial charge in [-0.25, -0.2) is 0 Å². The number of amides is 1. The van der Waals surface area contributed by atoms with Gasteiger partial charge in [-0.2, -0.15) is 5.26 Å². The van der Waals surface area contributed by atoms with Gasteiger partial charge in [-0.3, -0.25) is 4.79 Å². The highest BCUT2D eigenvalue weighted by Crippen LogP contribution is 2.20. The van der Waals surface area contributed by atoms with Crippen molar-refractivity contribution in [3.05, 3.63) is 23.8 Å². The van der Waals surface area contributed by atoms with Gasteiger partial charge in [-0.05, 0) is 25.2 Å². The quantitative estimate of drug-likeness (QED) is 0.391. The molecule has 1 aliphatic carbocycles. The minimum atomic E-state index is -0.628. The number of carbonyl (C=O) groups is 1. The van der Waals surface area contributed by atoms with Gasteiger partial charge in [0.2, 0.25) is 0 Å². The number of primary amides is 1. The molecule has 3 heteroatoms. The molecule has 1 aliphatic rings. The van der Waals surface area contributed by atoms with Gasteiger partial charge in [0.1, 0.15) is 11.6 Å². The Balaban J connectivity index is 2.68. The summed E-state index contributed by atoms with van der Waals surface area (Å²) >= 11 is 0. The molecule has 0 aliphatic heterocycles. The first-order valence-electron chi connectivity index (χ1n) is 4.30. The van der Waals surface area contributed by atoms with Crippen molar-refractivity contribution in [2.75, 3.05) is 0 Å². The van der Waals surface area contributed by atoms with Crippen molar-refractivity contribution < 1.29 is 4.79 Å². The van der Waals surface area contributed by atoms with Crippen molar-refractivity contribution in [3.63, 3.8) is 0 Å². The van der Waals surface area contributed by atoms with E-state index in [9.17, 15) is 4.79 Å². The Hall–Kier alpha value is -1.56. The van der Waals surface area contributed by atoms with Crippen LogP contribution in [-0.2, 0) is 4.79 Å². The maximum atomic E-state index is 10.7. The molecule has 0 saturated heterocycles. The normalized spacial score (nSPS) is 22.4. The van der Waals surface area contributed by atoms with Crippen LogP contribution in [0, 0.1) is 17.2 Å². The molecule has 0 heterocycles. The third kappa shape index (κ3) is 2.75. The van der Waals surface area contributed by atoms with E-state index in [1.165, 1.54) is 0 Å². The van der Waals surface area contributed by atoms with E-state index >= 15 is 0 Å². The summed E-state index contributed by atoms with van der Waals surface area (Å²) in [6.45, 7) is 0. The molecule has 0 saturated carbocycles. The van der Waals surface area contributed by atoms with Gasteiger partial charge in [-0.1, -0.05) is 18.2 Å². The molecule has 1 amide bonds. The first kappa shape index (κ1) is 9.53. The van der Waals surface area contributed by atoms with Crippen molar-refractivity contribution in [1.82, 2.24) is 0 Å². The molecule has 1 rings (SSSR count). The van der Waals surface area contributed by atoms with Gasteiger partial charge in [-0.15, -0.1) is 0 Å². The average molecular weight is 176 g/mol. The van der Waals surface area contributed by atoms with Crippen LogP contribution in [0.2, 0.25) is 0 Å². The third-order valence-corrected chi connectivity index (χ3v) is 2.10. The number of nitriles is 1. The van der Waals surface area contributed by atoms with Crippen LogP contribution in [0.1, 0.15) is 19.3 Å². The second-order valence-corrected chi connectivity index (χ2v) is 3.10. The van der Waals surface area contributed by atoms with Crippen molar-refractivity contribution in [2.24, 2.45) is 11.7 Å². The first-order chi connectivity index (χ1) is 6.24. The Labute approximate surface area is 77.5 Å². The monoisotopic (exact) mass is 176 g/mol. The summed E-state index contributed by atoms with van der Waals surface area (Å²) in [7, 11) is 0. The standard InChI is InChI=1S/C10H12N2O/c11-7-9(10(12)13)6-8-4-2-1-3-5-8/h1-2,6,8H,3-5H2,(H2,12,13)/b9-6+/t8-/m1/s1. The van der Waals surface area contributed by atoms with E-state index in [4.69, 9.17) is 11.0 Å².